The van der Waals surface area contributed by atoms with Gasteiger partial charge >= 0.3 is 0 Å². The maximum atomic E-state index is 5.38. The molecule has 0 bridgehead atoms. The van der Waals surface area contributed by atoms with E-state index in [4.69, 9.17) is 12.2 Å². The van der Waals surface area contributed by atoms with E-state index in [0.717, 1.165) is 22.5 Å². The Morgan fingerprint density at radius 3 is 2.15 bits per heavy atom. The zero-order valence-electron chi connectivity index (χ0n) is 11.2. The van der Waals surface area contributed by atoms with Crippen LogP contribution >= 0.6 is 12.2 Å². The van der Waals surface area contributed by atoms with Crippen LogP contribution in [0.15, 0.2) is 66.9 Å². The summed E-state index contributed by atoms with van der Waals surface area (Å²) in [6.07, 6.45) is 1.85. The van der Waals surface area contributed by atoms with Gasteiger partial charge in [0.15, 0.2) is 0 Å². The Hall–Kier alpha value is -2.26. The number of hydrogen-bond donors (Lipinski definition) is 0. The van der Waals surface area contributed by atoms with Crippen molar-refractivity contribution in [3.8, 4) is 16.8 Å². The van der Waals surface area contributed by atoms with Gasteiger partial charge in [-0.2, -0.15) is 0 Å². The minimum Gasteiger partial charge on any atom is -0.289 e. The molecule has 0 saturated heterocycles. The van der Waals surface area contributed by atoms with Crippen molar-refractivity contribution in [1.82, 2.24) is 9.55 Å². The molecule has 0 aliphatic heterocycles. The van der Waals surface area contributed by atoms with E-state index in [2.05, 4.69) is 24.0 Å². The number of benzene rings is 2. The van der Waals surface area contributed by atoms with E-state index in [1.165, 1.54) is 0 Å². The highest BCUT2D eigenvalue weighted by Gasteiger charge is 2.08. The molecule has 0 aliphatic rings. The first-order chi connectivity index (χ1) is 9.77. The summed E-state index contributed by atoms with van der Waals surface area (Å²) in [5, 5.41) is 0. The molecule has 0 unspecified atom stereocenters. The summed E-state index contributed by atoms with van der Waals surface area (Å²) in [5.74, 6) is 0. The standard InChI is InChI=1S/C17H14N2S/c1-13-16(14-8-4-2-5-9-14)12-18-17(20)19(13)15-10-6-3-7-11-15/h2-12H,1H3. The summed E-state index contributed by atoms with van der Waals surface area (Å²) in [6, 6.07) is 20.3. The summed E-state index contributed by atoms with van der Waals surface area (Å²) in [5.41, 5.74) is 4.39. The largest absolute Gasteiger partial charge is 0.289 e. The van der Waals surface area contributed by atoms with E-state index in [1.54, 1.807) is 0 Å². The number of para-hydroxylation sites is 1. The Balaban J connectivity index is 2.25. The van der Waals surface area contributed by atoms with E-state index in [-0.39, 0.29) is 0 Å². The maximum absolute atomic E-state index is 5.38. The van der Waals surface area contributed by atoms with Crippen LogP contribution in [0, 0.1) is 11.7 Å². The summed E-state index contributed by atoms with van der Waals surface area (Å²) < 4.78 is 2.59. The third-order valence-corrected chi connectivity index (χ3v) is 3.61. The van der Waals surface area contributed by atoms with Crippen LogP contribution < -0.4 is 0 Å². The van der Waals surface area contributed by atoms with Crippen LogP contribution in [0.25, 0.3) is 16.8 Å². The summed E-state index contributed by atoms with van der Waals surface area (Å²) in [4.78, 5) is 4.37. The van der Waals surface area contributed by atoms with Gasteiger partial charge in [0.2, 0.25) is 4.77 Å². The molecule has 20 heavy (non-hydrogen) atoms. The highest BCUT2D eigenvalue weighted by atomic mass is 32.1. The fourth-order valence-electron chi connectivity index (χ4n) is 2.32. The van der Waals surface area contributed by atoms with E-state index < -0.39 is 0 Å². The molecule has 0 spiro atoms. The highest BCUT2D eigenvalue weighted by Crippen LogP contribution is 2.24. The smallest absolute Gasteiger partial charge is 0.204 e. The van der Waals surface area contributed by atoms with Crippen molar-refractivity contribution in [2.45, 2.75) is 6.92 Å². The van der Waals surface area contributed by atoms with Gasteiger partial charge in [-0.15, -0.1) is 0 Å². The summed E-state index contributed by atoms with van der Waals surface area (Å²) in [7, 11) is 0. The second kappa shape index (κ2) is 5.39. The van der Waals surface area contributed by atoms with Gasteiger partial charge in [0.25, 0.3) is 0 Å². The molecule has 2 nitrogen and oxygen atoms in total. The first kappa shape index (κ1) is 12.8. The van der Waals surface area contributed by atoms with Crippen molar-refractivity contribution in [2.24, 2.45) is 0 Å². The van der Waals surface area contributed by atoms with Crippen molar-refractivity contribution in [1.29, 1.82) is 0 Å². The molecule has 0 aliphatic carbocycles. The third kappa shape index (κ3) is 2.28. The minimum atomic E-state index is 0.577. The van der Waals surface area contributed by atoms with E-state index in [0.29, 0.717) is 4.77 Å². The van der Waals surface area contributed by atoms with Gasteiger partial charge < -0.3 is 0 Å². The Kier molecular flexibility index (Phi) is 3.44. The van der Waals surface area contributed by atoms with Gasteiger partial charge in [-0.05, 0) is 36.8 Å². The zero-order valence-corrected chi connectivity index (χ0v) is 12.0. The third-order valence-electron chi connectivity index (χ3n) is 3.32. The lowest BCUT2D eigenvalue weighted by molar-refractivity contribution is 0.911. The van der Waals surface area contributed by atoms with Crippen molar-refractivity contribution in [3.63, 3.8) is 0 Å². The number of aromatic nitrogens is 2. The molecule has 0 saturated carbocycles. The van der Waals surface area contributed by atoms with Gasteiger partial charge in [0.1, 0.15) is 0 Å². The van der Waals surface area contributed by atoms with E-state index in [1.807, 2.05) is 59.3 Å². The Bertz CT molecular complexity index is 777. The van der Waals surface area contributed by atoms with Crippen molar-refractivity contribution in [2.75, 3.05) is 0 Å². The first-order valence-electron chi connectivity index (χ1n) is 6.47. The number of rotatable bonds is 2. The molecule has 0 amide bonds. The molecule has 3 aromatic rings. The van der Waals surface area contributed by atoms with Gasteiger partial charge in [-0.1, -0.05) is 48.5 Å². The summed E-state index contributed by atoms with van der Waals surface area (Å²) >= 11 is 5.38. The van der Waals surface area contributed by atoms with E-state index >= 15 is 0 Å². The highest BCUT2D eigenvalue weighted by molar-refractivity contribution is 7.71. The minimum absolute atomic E-state index is 0.577. The molecule has 1 heterocycles. The molecule has 3 heteroatoms. The predicted molar refractivity (Wildman–Crippen MR) is 84.6 cm³/mol. The second-order valence-corrected chi connectivity index (χ2v) is 4.94. The quantitative estimate of drug-likeness (QED) is 0.639. The lowest BCUT2D eigenvalue weighted by Crippen LogP contribution is -2.05. The maximum Gasteiger partial charge on any atom is 0.204 e. The van der Waals surface area contributed by atoms with Gasteiger partial charge in [-0.3, -0.25) is 4.57 Å². The summed E-state index contributed by atoms with van der Waals surface area (Å²) in [6.45, 7) is 2.08. The average Bonchev–Trinajstić information content (AvgIpc) is 2.49. The molecule has 0 radical (unpaired) electrons. The zero-order chi connectivity index (χ0) is 13.9. The number of nitrogens with zero attached hydrogens (tertiary/aromatic N) is 2. The Morgan fingerprint density at radius 2 is 1.50 bits per heavy atom. The number of hydrogen-bond acceptors (Lipinski definition) is 2. The average molecular weight is 278 g/mol. The lowest BCUT2D eigenvalue weighted by atomic mass is 10.1. The van der Waals surface area contributed by atoms with Crippen molar-refractivity contribution < 1.29 is 0 Å². The molecule has 2 aromatic carbocycles. The fraction of sp³-hybridized carbons (Fsp3) is 0.0588. The molecule has 0 N–H and O–H groups in total. The van der Waals surface area contributed by atoms with Crippen LogP contribution in [0.5, 0.6) is 0 Å². The first-order valence-corrected chi connectivity index (χ1v) is 6.88. The second-order valence-electron chi connectivity index (χ2n) is 4.58. The van der Waals surface area contributed by atoms with Crippen LogP contribution in [-0.2, 0) is 0 Å². The lowest BCUT2D eigenvalue weighted by Gasteiger charge is -2.14. The van der Waals surface area contributed by atoms with Gasteiger partial charge in [0.05, 0.1) is 0 Å². The van der Waals surface area contributed by atoms with Crippen molar-refractivity contribution in [3.05, 3.63) is 77.3 Å². The Labute approximate surface area is 123 Å². The molecular weight excluding hydrogens is 264 g/mol. The monoisotopic (exact) mass is 278 g/mol. The van der Waals surface area contributed by atoms with Crippen molar-refractivity contribution >= 4 is 12.2 Å². The van der Waals surface area contributed by atoms with Crippen LogP contribution in [0.2, 0.25) is 0 Å². The molecule has 1 aromatic heterocycles. The SMILES string of the molecule is Cc1c(-c2ccccc2)cnc(=S)n1-c1ccccc1. The molecular formula is C17H14N2S. The fourth-order valence-corrected chi connectivity index (χ4v) is 2.61. The molecule has 3 rings (SSSR count). The van der Waals surface area contributed by atoms with E-state index in [9.17, 15) is 0 Å². The molecule has 98 valence electrons. The normalized spacial score (nSPS) is 10.4. The van der Waals surface area contributed by atoms with Crippen LogP contribution in [0.3, 0.4) is 0 Å². The van der Waals surface area contributed by atoms with Crippen LogP contribution in [0.4, 0.5) is 0 Å². The molecule has 0 atom stereocenters. The predicted octanol–water partition coefficient (Wildman–Crippen LogP) is 4.58. The Morgan fingerprint density at radius 1 is 0.900 bits per heavy atom. The van der Waals surface area contributed by atoms with Crippen LogP contribution in [-0.4, -0.2) is 9.55 Å². The van der Waals surface area contributed by atoms with Gasteiger partial charge in [0, 0.05) is 23.1 Å². The topological polar surface area (TPSA) is 17.8 Å². The molecule has 0 fully saturated rings. The van der Waals surface area contributed by atoms with Crippen LogP contribution in [0.1, 0.15) is 5.69 Å². The van der Waals surface area contributed by atoms with Gasteiger partial charge in [-0.25, -0.2) is 4.98 Å².